The number of aliphatic carboxylic acids is 1. The lowest BCUT2D eigenvalue weighted by atomic mass is 9.93. The predicted molar refractivity (Wildman–Crippen MR) is 63.7 cm³/mol. The first-order valence-corrected chi connectivity index (χ1v) is 6.12. The van der Waals surface area contributed by atoms with Gasteiger partial charge in [0.1, 0.15) is 6.04 Å². The van der Waals surface area contributed by atoms with Gasteiger partial charge in [-0.15, -0.1) is 0 Å². The summed E-state index contributed by atoms with van der Waals surface area (Å²) >= 11 is 0. The van der Waals surface area contributed by atoms with Crippen molar-refractivity contribution >= 4 is 5.97 Å². The number of fused-ring (bicyclic) bond motifs is 1. The number of hydrogen-bond acceptors (Lipinski definition) is 4. The average Bonchev–Trinajstić information content (AvgIpc) is 2.86. The Hall–Kier alpha value is -1.75. The van der Waals surface area contributed by atoms with Crippen LogP contribution in [-0.2, 0) is 4.79 Å². The van der Waals surface area contributed by atoms with Crippen molar-refractivity contribution in [1.29, 1.82) is 0 Å². The fraction of sp³-hybridized carbons (Fsp3) is 0.462. The molecule has 2 aliphatic rings. The molecule has 1 fully saturated rings. The summed E-state index contributed by atoms with van der Waals surface area (Å²) in [5, 5.41) is 12.2. The molecule has 2 N–H and O–H groups in total. The Bertz CT molecular complexity index is 474. The van der Waals surface area contributed by atoms with E-state index in [9.17, 15) is 4.79 Å². The maximum absolute atomic E-state index is 11.0. The molecule has 1 aromatic carbocycles. The zero-order valence-corrected chi connectivity index (χ0v) is 9.89. The van der Waals surface area contributed by atoms with Crippen molar-refractivity contribution in [3.8, 4) is 11.5 Å². The van der Waals surface area contributed by atoms with Crippen LogP contribution in [0.2, 0.25) is 0 Å². The molecule has 0 saturated carbocycles. The third kappa shape index (κ3) is 2.01. The van der Waals surface area contributed by atoms with Crippen LogP contribution < -0.4 is 14.8 Å². The molecule has 18 heavy (non-hydrogen) atoms. The van der Waals surface area contributed by atoms with E-state index < -0.39 is 12.0 Å². The Balaban J connectivity index is 1.80. The lowest BCUT2D eigenvalue weighted by molar-refractivity contribution is -0.140. The topological polar surface area (TPSA) is 67.8 Å². The van der Waals surface area contributed by atoms with Gasteiger partial charge in [0.25, 0.3) is 0 Å². The zero-order chi connectivity index (χ0) is 12.5. The van der Waals surface area contributed by atoms with E-state index in [0.29, 0.717) is 6.42 Å². The smallest absolute Gasteiger partial charge is 0.320 e. The third-order valence-corrected chi connectivity index (χ3v) is 3.49. The summed E-state index contributed by atoms with van der Waals surface area (Å²) in [6, 6.07) is 5.41. The normalized spacial score (nSPS) is 26.0. The number of piperidine rings is 1. The molecule has 2 atom stereocenters. The van der Waals surface area contributed by atoms with Crippen molar-refractivity contribution in [2.45, 2.75) is 31.3 Å². The number of ether oxygens (including phenoxy) is 2. The Kier molecular flexibility index (Phi) is 2.83. The van der Waals surface area contributed by atoms with Crippen molar-refractivity contribution in [2.24, 2.45) is 0 Å². The Morgan fingerprint density at radius 1 is 1.28 bits per heavy atom. The molecule has 0 aliphatic carbocycles. The second kappa shape index (κ2) is 4.49. The first-order valence-electron chi connectivity index (χ1n) is 6.12. The van der Waals surface area contributed by atoms with Crippen LogP contribution in [0.3, 0.4) is 0 Å². The van der Waals surface area contributed by atoms with Crippen molar-refractivity contribution < 1.29 is 19.4 Å². The van der Waals surface area contributed by atoms with Crippen LogP contribution in [0.15, 0.2) is 18.2 Å². The number of rotatable bonds is 2. The van der Waals surface area contributed by atoms with Gasteiger partial charge in [-0.05, 0) is 37.0 Å². The monoisotopic (exact) mass is 249 g/mol. The van der Waals surface area contributed by atoms with E-state index in [2.05, 4.69) is 5.32 Å². The lowest BCUT2D eigenvalue weighted by Crippen LogP contribution is -2.42. The minimum absolute atomic E-state index is 0.0781. The highest BCUT2D eigenvalue weighted by atomic mass is 16.7. The highest BCUT2D eigenvalue weighted by Crippen LogP contribution is 2.36. The van der Waals surface area contributed by atoms with Crippen LogP contribution in [0.25, 0.3) is 0 Å². The molecule has 0 spiro atoms. The minimum atomic E-state index is -0.777. The molecule has 2 aliphatic heterocycles. The van der Waals surface area contributed by atoms with Gasteiger partial charge in [0.15, 0.2) is 11.5 Å². The van der Waals surface area contributed by atoms with Crippen LogP contribution in [0.1, 0.15) is 30.9 Å². The van der Waals surface area contributed by atoms with Crippen molar-refractivity contribution in [3.05, 3.63) is 23.8 Å². The van der Waals surface area contributed by atoms with E-state index >= 15 is 0 Å². The van der Waals surface area contributed by atoms with E-state index in [1.54, 1.807) is 0 Å². The quantitative estimate of drug-likeness (QED) is 0.834. The van der Waals surface area contributed by atoms with E-state index in [1.165, 1.54) is 0 Å². The highest BCUT2D eigenvalue weighted by molar-refractivity contribution is 5.73. The molecule has 0 aromatic heterocycles. The largest absolute Gasteiger partial charge is 0.480 e. The maximum Gasteiger partial charge on any atom is 0.320 e. The third-order valence-electron chi connectivity index (χ3n) is 3.49. The van der Waals surface area contributed by atoms with E-state index in [1.807, 2.05) is 18.2 Å². The van der Waals surface area contributed by atoms with Crippen molar-refractivity contribution in [2.75, 3.05) is 6.79 Å². The van der Waals surface area contributed by atoms with Crippen molar-refractivity contribution in [3.63, 3.8) is 0 Å². The van der Waals surface area contributed by atoms with Crippen molar-refractivity contribution in [1.82, 2.24) is 5.32 Å². The molecule has 5 heteroatoms. The van der Waals surface area contributed by atoms with Gasteiger partial charge in [-0.2, -0.15) is 0 Å². The lowest BCUT2D eigenvalue weighted by Gasteiger charge is -2.28. The molecule has 3 rings (SSSR count). The average molecular weight is 249 g/mol. The van der Waals surface area contributed by atoms with Gasteiger partial charge in [0.05, 0.1) is 0 Å². The maximum atomic E-state index is 11.0. The molecule has 1 saturated heterocycles. The number of nitrogens with one attached hydrogen (secondary N) is 1. The SMILES string of the molecule is O=C(O)C1CCCC(c2ccc3c(c2)OCO3)N1. The van der Waals surface area contributed by atoms with Gasteiger partial charge in [0, 0.05) is 6.04 Å². The van der Waals surface area contributed by atoms with Gasteiger partial charge < -0.3 is 14.6 Å². The minimum Gasteiger partial charge on any atom is -0.480 e. The number of carboxylic acid groups (broad SMARTS) is 1. The summed E-state index contributed by atoms with van der Waals surface area (Å²) in [5.74, 6) is 0.719. The standard InChI is InChI=1S/C13H15NO4/c15-13(16)10-3-1-2-9(14-10)8-4-5-11-12(6-8)18-7-17-11/h4-6,9-10,14H,1-3,7H2,(H,15,16). The number of benzene rings is 1. The number of hydrogen-bond donors (Lipinski definition) is 2. The number of carbonyl (C=O) groups is 1. The van der Waals surface area contributed by atoms with Crippen LogP contribution in [0.5, 0.6) is 11.5 Å². The summed E-state index contributed by atoms with van der Waals surface area (Å²) in [6.45, 7) is 0.259. The molecule has 5 nitrogen and oxygen atoms in total. The Morgan fingerprint density at radius 3 is 2.94 bits per heavy atom. The van der Waals surface area contributed by atoms with Crippen LogP contribution in [0, 0.1) is 0 Å². The van der Waals surface area contributed by atoms with Gasteiger partial charge in [-0.3, -0.25) is 10.1 Å². The van der Waals surface area contributed by atoms with Gasteiger partial charge in [-0.25, -0.2) is 0 Å². The Labute approximate surface area is 105 Å². The zero-order valence-electron chi connectivity index (χ0n) is 9.89. The summed E-state index contributed by atoms with van der Waals surface area (Å²) in [5.41, 5.74) is 1.06. The highest BCUT2D eigenvalue weighted by Gasteiger charge is 2.27. The molecule has 96 valence electrons. The van der Waals surface area contributed by atoms with Crippen LogP contribution in [-0.4, -0.2) is 23.9 Å². The van der Waals surface area contributed by atoms with E-state index in [-0.39, 0.29) is 12.8 Å². The Morgan fingerprint density at radius 2 is 2.11 bits per heavy atom. The predicted octanol–water partition coefficient (Wildman–Crippen LogP) is 1.68. The summed E-state index contributed by atoms with van der Waals surface area (Å²) in [4.78, 5) is 11.0. The second-order valence-electron chi connectivity index (χ2n) is 4.65. The fourth-order valence-corrected chi connectivity index (χ4v) is 2.52. The van der Waals surface area contributed by atoms with Gasteiger partial charge >= 0.3 is 5.97 Å². The fourth-order valence-electron chi connectivity index (χ4n) is 2.52. The summed E-state index contributed by atoms with van der Waals surface area (Å²) in [6.07, 6.45) is 2.56. The first kappa shape index (κ1) is 11.3. The summed E-state index contributed by atoms with van der Waals surface area (Å²) in [7, 11) is 0. The molecular formula is C13H15NO4. The van der Waals surface area contributed by atoms with Gasteiger partial charge in [0.2, 0.25) is 6.79 Å². The second-order valence-corrected chi connectivity index (χ2v) is 4.65. The molecule has 2 heterocycles. The molecule has 0 radical (unpaired) electrons. The van der Waals surface area contributed by atoms with E-state index in [0.717, 1.165) is 29.9 Å². The van der Waals surface area contributed by atoms with Gasteiger partial charge in [-0.1, -0.05) is 6.07 Å². The van der Waals surface area contributed by atoms with Crippen LogP contribution >= 0.6 is 0 Å². The first-order chi connectivity index (χ1) is 8.74. The molecule has 2 unspecified atom stereocenters. The molecule has 1 aromatic rings. The molecule has 0 bridgehead atoms. The van der Waals surface area contributed by atoms with E-state index in [4.69, 9.17) is 14.6 Å². The van der Waals surface area contributed by atoms with Crippen LogP contribution in [0.4, 0.5) is 0 Å². The molecule has 0 amide bonds. The summed E-state index contributed by atoms with van der Waals surface area (Å²) < 4.78 is 10.6. The number of carboxylic acids is 1. The molecular weight excluding hydrogens is 234 g/mol.